The van der Waals surface area contributed by atoms with Crippen LogP contribution < -0.4 is 9.62 Å². The number of hydrogen-bond acceptors (Lipinski definition) is 6. The Bertz CT molecular complexity index is 1100. The molecule has 2 heterocycles. The lowest BCUT2D eigenvalue weighted by Crippen LogP contribution is -2.37. The van der Waals surface area contributed by atoms with Gasteiger partial charge in [0.1, 0.15) is 11.6 Å². The van der Waals surface area contributed by atoms with E-state index in [-0.39, 0.29) is 11.4 Å². The van der Waals surface area contributed by atoms with Gasteiger partial charge >= 0.3 is 0 Å². The standard InChI is InChI=1S/C22H24N4O3S/c1-17-15-22(26-11-13-29-14-12-26)25-21(24-17)16-23-30(27,28)20-9-7-19(8-10-20)18-5-3-2-4-6-18/h2-10,15,23H,11-14,16H2,1H3. The number of rotatable bonds is 6. The Kier molecular flexibility index (Phi) is 6.08. The largest absolute Gasteiger partial charge is 0.378 e. The second-order valence-corrected chi connectivity index (χ2v) is 8.87. The van der Waals surface area contributed by atoms with Crippen LogP contribution in [0.5, 0.6) is 0 Å². The molecule has 1 aliphatic rings. The van der Waals surface area contributed by atoms with Gasteiger partial charge < -0.3 is 9.64 Å². The summed E-state index contributed by atoms with van der Waals surface area (Å²) in [5, 5.41) is 0. The van der Waals surface area contributed by atoms with Crippen molar-refractivity contribution in [2.24, 2.45) is 0 Å². The van der Waals surface area contributed by atoms with Crippen molar-refractivity contribution in [2.45, 2.75) is 18.4 Å². The molecule has 0 spiro atoms. The molecule has 0 aliphatic carbocycles. The van der Waals surface area contributed by atoms with Crippen molar-refractivity contribution >= 4 is 15.8 Å². The lowest BCUT2D eigenvalue weighted by atomic mass is 10.1. The van der Waals surface area contributed by atoms with E-state index in [9.17, 15) is 8.42 Å². The molecule has 0 atom stereocenters. The molecule has 0 amide bonds. The van der Waals surface area contributed by atoms with Crippen LogP contribution in [0.2, 0.25) is 0 Å². The molecule has 1 fully saturated rings. The van der Waals surface area contributed by atoms with Crippen molar-refractivity contribution in [2.75, 3.05) is 31.2 Å². The van der Waals surface area contributed by atoms with Crippen LogP contribution >= 0.6 is 0 Å². The Labute approximate surface area is 176 Å². The first kappa shape index (κ1) is 20.5. The Balaban J connectivity index is 1.47. The van der Waals surface area contributed by atoms with E-state index in [2.05, 4.69) is 19.6 Å². The number of morpholine rings is 1. The number of aromatic nitrogens is 2. The maximum absolute atomic E-state index is 12.7. The first-order chi connectivity index (χ1) is 14.5. The third-order valence-electron chi connectivity index (χ3n) is 4.91. The highest BCUT2D eigenvalue weighted by Crippen LogP contribution is 2.21. The normalized spacial score (nSPS) is 14.6. The van der Waals surface area contributed by atoms with E-state index in [1.165, 1.54) is 0 Å². The average Bonchev–Trinajstić information content (AvgIpc) is 2.79. The number of nitrogens with one attached hydrogen (secondary N) is 1. The molecule has 0 saturated carbocycles. The molecule has 0 unspecified atom stereocenters. The molecular weight excluding hydrogens is 400 g/mol. The quantitative estimate of drug-likeness (QED) is 0.655. The Morgan fingerprint density at radius 1 is 0.967 bits per heavy atom. The van der Waals surface area contributed by atoms with E-state index in [4.69, 9.17) is 4.74 Å². The fraction of sp³-hybridized carbons (Fsp3) is 0.273. The summed E-state index contributed by atoms with van der Waals surface area (Å²) in [4.78, 5) is 11.3. The summed E-state index contributed by atoms with van der Waals surface area (Å²) >= 11 is 0. The maximum atomic E-state index is 12.7. The van der Waals surface area contributed by atoms with Crippen LogP contribution in [-0.2, 0) is 21.3 Å². The van der Waals surface area contributed by atoms with Crippen molar-refractivity contribution in [3.05, 3.63) is 72.2 Å². The number of sulfonamides is 1. The van der Waals surface area contributed by atoms with Gasteiger partial charge in [-0.25, -0.2) is 23.1 Å². The number of nitrogens with zero attached hydrogens (tertiary/aromatic N) is 3. The molecule has 1 aromatic heterocycles. The molecule has 156 valence electrons. The van der Waals surface area contributed by atoms with Gasteiger partial charge in [0.15, 0.2) is 0 Å². The zero-order chi connectivity index (χ0) is 21.0. The van der Waals surface area contributed by atoms with Gasteiger partial charge in [0.25, 0.3) is 0 Å². The Hall–Kier alpha value is -2.81. The number of aryl methyl sites for hydroxylation is 1. The Morgan fingerprint density at radius 3 is 2.33 bits per heavy atom. The summed E-state index contributed by atoms with van der Waals surface area (Å²) in [6, 6.07) is 18.6. The van der Waals surface area contributed by atoms with Crippen LogP contribution in [0.15, 0.2) is 65.6 Å². The zero-order valence-electron chi connectivity index (χ0n) is 16.8. The second-order valence-electron chi connectivity index (χ2n) is 7.10. The molecule has 1 saturated heterocycles. The van der Waals surface area contributed by atoms with Crippen LogP contribution in [0.1, 0.15) is 11.5 Å². The summed E-state index contributed by atoms with van der Waals surface area (Å²) in [6.45, 7) is 4.74. The predicted octanol–water partition coefficient (Wildman–Crippen LogP) is 2.77. The second kappa shape index (κ2) is 8.91. The number of hydrogen-bond donors (Lipinski definition) is 1. The van der Waals surface area contributed by atoms with E-state index in [1.807, 2.05) is 55.5 Å². The van der Waals surface area contributed by atoms with E-state index in [1.54, 1.807) is 12.1 Å². The minimum atomic E-state index is -3.67. The lowest BCUT2D eigenvalue weighted by molar-refractivity contribution is 0.122. The van der Waals surface area contributed by atoms with Crippen molar-refractivity contribution in [1.82, 2.24) is 14.7 Å². The van der Waals surface area contributed by atoms with Crippen LogP contribution in [0, 0.1) is 6.92 Å². The molecule has 1 N–H and O–H groups in total. The van der Waals surface area contributed by atoms with Crippen LogP contribution in [0.3, 0.4) is 0 Å². The molecule has 4 rings (SSSR count). The smallest absolute Gasteiger partial charge is 0.240 e. The van der Waals surface area contributed by atoms with Gasteiger partial charge in [-0.05, 0) is 30.2 Å². The molecular formula is C22H24N4O3S. The van der Waals surface area contributed by atoms with Crippen molar-refractivity contribution in [1.29, 1.82) is 0 Å². The number of anilines is 1. The van der Waals surface area contributed by atoms with E-state index < -0.39 is 10.0 Å². The summed E-state index contributed by atoms with van der Waals surface area (Å²) in [6.07, 6.45) is 0. The number of benzene rings is 2. The monoisotopic (exact) mass is 424 g/mol. The molecule has 0 radical (unpaired) electrons. The molecule has 7 nitrogen and oxygen atoms in total. The van der Waals surface area contributed by atoms with Crippen molar-refractivity contribution < 1.29 is 13.2 Å². The van der Waals surface area contributed by atoms with Crippen LogP contribution in [0.4, 0.5) is 5.82 Å². The van der Waals surface area contributed by atoms with Gasteiger partial charge in [0, 0.05) is 24.8 Å². The summed E-state index contributed by atoms with van der Waals surface area (Å²) in [5.41, 5.74) is 2.80. The summed E-state index contributed by atoms with van der Waals surface area (Å²) in [7, 11) is -3.67. The lowest BCUT2D eigenvalue weighted by Gasteiger charge is -2.28. The average molecular weight is 425 g/mol. The van der Waals surface area contributed by atoms with Crippen LogP contribution in [0.25, 0.3) is 11.1 Å². The maximum Gasteiger partial charge on any atom is 0.240 e. The zero-order valence-corrected chi connectivity index (χ0v) is 17.6. The van der Waals surface area contributed by atoms with Gasteiger partial charge in [0.2, 0.25) is 10.0 Å². The predicted molar refractivity (Wildman–Crippen MR) is 116 cm³/mol. The molecule has 30 heavy (non-hydrogen) atoms. The third-order valence-corrected chi connectivity index (χ3v) is 6.33. The topological polar surface area (TPSA) is 84.4 Å². The fourth-order valence-corrected chi connectivity index (χ4v) is 4.33. The molecule has 3 aromatic rings. The minimum absolute atomic E-state index is 0.0296. The van der Waals surface area contributed by atoms with Crippen LogP contribution in [-0.4, -0.2) is 44.7 Å². The van der Waals surface area contributed by atoms with Gasteiger partial charge in [-0.15, -0.1) is 0 Å². The minimum Gasteiger partial charge on any atom is -0.378 e. The van der Waals surface area contributed by atoms with Gasteiger partial charge in [-0.3, -0.25) is 0 Å². The number of ether oxygens (including phenoxy) is 1. The van der Waals surface area contributed by atoms with Crippen molar-refractivity contribution in [3.63, 3.8) is 0 Å². The van der Waals surface area contributed by atoms with Gasteiger partial charge in [0.05, 0.1) is 24.7 Å². The van der Waals surface area contributed by atoms with E-state index in [0.717, 1.165) is 35.7 Å². The molecule has 2 aromatic carbocycles. The highest BCUT2D eigenvalue weighted by atomic mass is 32.2. The SMILES string of the molecule is Cc1cc(N2CCOCC2)nc(CNS(=O)(=O)c2ccc(-c3ccccc3)cc2)n1. The Morgan fingerprint density at radius 2 is 1.63 bits per heavy atom. The van der Waals surface area contributed by atoms with Gasteiger partial charge in [-0.2, -0.15) is 0 Å². The first-order valence-electron chi connectivity index (χ1n) is 9.84. The van der Waals surface area contributed by atoms with E-state index in [0.29, 0.717) is 19.0 Å². The highest BCUT2D eigenvalue weighted by Gasteiger charge is 2.17. The fourth-order valence-electron chi connectivity index (χ4n) is 3.35. The van der Waals surface area contributed by atoms with Crippen molar-refractivity contribution in [3.8, 4) is 11.1 Å². The summed E-state index contributed by atoms with van der Waals surface area (Å²) in [5.74, 6) is 1.24. The summed E-state index contributed by atoms with van der Waals surface area (Å²) < 4.78 is 33.5. The molecule has 0 bridgehead atoms. The third kappa shape index (κ3) is 4.84. The van der Waals surface area contributed by atoms with E-state index >= 15 is 0 Å². The highest BCUT2D eigenvalue weighted by molar-refractivity contribution is 7.89. The van der Waals surface area contributed by atoms with Gasteiger partial charge in [-0.1, -0.05) is 42.5 Å². The molecule has 1 aliphatic heterocycles. The molecule has 8 heteroatoms. The first-order valence-corrected chi connectivity index (χ1v) is 11.3.